The monoisotopic (exact) mass is 332 g/mol. The Labute approximate surface area is 142 Å². The zero-order chi connectivity index (χ0) is 17.6. The van der Waals surface area contributed by atoms with Crippen LogP contribution in [0.3, 0.4) is 0 Å². The van der Waals surface area contributed by atoms with E-state index in [4.69, 9.17) is 4.74 Å². The highest BCUT2D eigenvalue weighted by Gasteiger charge is 2.15. The van der Waals surface area contributed by atoms with E-state index >= 15 is 0 Å². The number of benzene rings is 1. The van der Waals surface area contributed by atoms with Crippen molar-refractivity contribution >= 4 is 17.9 Å². The van der Waals surface area contributed by atoms with E-state index < -0.39 is 0 Å². The fraction of sp³-hybridized carbons (Fsp3) is 0. The molecule has 2 heterocycles. The van der Waals surface area contributed by atoms with Crippen LogP contribution >= 0.6 is 0 Å². The van der Waals surface area contributed by atoms with Gasteiger partial charge >= 0.3 is 0 Å². The topological polar surface area (TPSA) is 87.7 Å². The Kier molecular flexibility index (Phi) is 4.49. The summed E-state index contributed by atoms with van der Waals surface area (Å²) in [5.41, 5.74) is 7.93. The third-order valence-corrected chi connectivity index (χ3v) is 3.32. The van der Waals surface area contributed by atoms with Crippen LogP contribution in [0.25, 0.3) is 11.4 Å². The van der Waals surface area contributed by atoms with E-state index in [1.165, 1.54) is 15.6 Å². The third-order valence-electron chi connectivity index (χ3n) is 3.32. The van der Waals surface area contributed by atoms with Gasteiger partial charge in [0.2, 0.25) is 0 Å². The number of rotatable bonds is 6. The van der Waals surface area contributed by atoms with E-state index in [-0.39, 0.29) is 0 Å². The molecule has 8 nitrogen and oxygen atoms in total. The second kappa shape index (κ2) is 7.06. The predicted molar refractivity (Wildman–Crippen MR) is 89.1 cm³/mol. The lowest BCUT2D eigenvalue weighted by Gasteiger charge is -2.12. The highest BCUT2D eigenvalue weighted by molar-refractivity contribution is 5.76. The number of ether oxygens (including phenoxy) is 1. The van der Waals surface area contributed by atoms with Gasteiger partial charge < -0.3 is 4.74 Å². The molecule has 1 aromatic carbocycles. The van der Waals surface area contributed by atoms with Crippen LogP contribution in [0.4, 0.5) is 0 Å². The Morgan fingerprint density at radius 3 is 2.20 bits per heavy atom. The molecule has 0 aliphatic rings. The average Bonchev–Trinajstić information content (AvgIpc) is 3.32. The highest BCUT2D eigenvalue weighted by atomic mass is 16.5. The van der Waals surface area contributed by atoms with Crippen molar-refractivity contribution in [3.8, 4) is 5.75 Å². The molecule has 8 heteroatoms. The number of carbonyl (C=O) groups is 1. The molecule has 0 saturated carbocycles. The third kappa shape index (κ3) is 3.07. The predicted octanol–water partition coefficient (Wildman–Crippen LogP) is 1.75. The van der Waals surface area contributed by atoms with Crippen LogP contribution in [0.5, 0.6) is 5.75 Å². The second-order valence-electron chi connectivity index (χ2n) is 4.67. The highest BCUT2D eigenvalue weighted by Crippen LogP contribution is 2.29. The van der Waals surface area contributed by atoms with Crippen molar-refractivity contribution in [2.24, 2.45) is 0 Å². The maximum atomic E-state index is 10.8. The van der Waals surface area contributed by atoms with Gasteiger partial charge in [0.1, 0.15) is 17.1 Å². The number of hydrogen-bond donors (Lipinski definition) is 0. The van der Waals surface area contributed by atoms with Gasteiger partial charge in [0, 0.05) is 5.56 Å². The van der Waals surface area contributed by atoms with Gasteiger partial charge in [-0.25, -0.2) is 9.36 Å². The zero-order valence-electron chi connectivity index (χ0n) is 13.0. The molecular weight excluding hydrogens is 320 g/mol. The van der Waals surface area contributed by atoms with Crippen LogP contribution in [0.15, 0.2) is 67.6 Å². The van der Waals surface area contributed by atoms with E-state index in [1.807, 2.05) is 0 Å². The van der Waals surface area contributed by atoms with Crippen LogP contribution in [-0.4, -0.2) is 36.5 Å². The second-order valence-corrected chi connectivity index (χ2v) is 4.67. The lowest BCUT2D eigenvalue weighted by molar-refractivity contribution is -0.120. The summed E-state index contributed by atoms with van der Waals surface area (Å²) in [4.78, 5) is 10.8. The fourth-order valence-corrected chi connectivity index (χ4v) is 2.29. The molecule has 3 rings (SSSR count). The minimum absolute atomic E-state index is 0.322. The summed E-state index contributed by atoms with van der Waals surface area (Å²) in [6.45, 7) is 7.73. The lowest BCUT2D eigenvalue weighted by Crippen LogP contribution is -2.05. The minimum atomic E-state index is 0.322. The summed E-state index contributed by atoms with van der Waals surface area (Å²) in [6.07, 6.45) is 6.37. The fourth-order valence-electron chi connectivity index (χ4n) is 2.29. The van der Waals surface area contributed by atoms with Gasteiger partial charge in [-0.15, -0.1) is 21.7 Å². The summed E-state index contributed by atoms with van der Waals surface area (Å²) >= 11 is 0. The Morgan fingerprint density at radius 1 is 1.04 bits per heavy atom. The largest absolute Gasteiger partial charge is 0.428 e. The van der Waals surface area contributed by atoms with Crippen LogP contribution in [0.2, 0.25) is 0 Å². The van der Waals surface area contributed by atoms with E-state index in [9.17, 15) is 4.79 Å². The molecule has 25 heavy (non-hydrogen) atoms. The average molecular weight is 332 g/mol. The van der Waals surface area contributed by atoms with Gasteiger partial charge in [-0.2, -0.15) is 0 Å². The van der Waals surface area contributed by atoms with Crippen LogP contribution in [-0.2, 0) is 4.79 Å². The molecule has 0 fully saturated rings. The van der Waals surface area contributed by atoms with Crippen LogP contribution in [0, 0.1) is 0 Å². The number of carbonyl (C=O) groups excluding carboxylic acids is 1. The molecule has 0 aliphatic heterocycles. The molecule has 0 spiro atoms. The Bertz CT molecular complexity index is 992. The Hall–Kier alpha value is -3.99. The molecule has 0 aliphatic carbocycles. The molecule has 0 saturated heterocycles. The maximum Gasteiger partial charge on any atom is 0.298 e. The Morgan fingerprint density at radius 2 is 1.68 bits per heavy atom. The van der Waals surface area contributed by atoms with Crippen molar-refractivity contribution in [3.05, 3.63) is 78.7 Å². The van der Waals surface area contributed by atoms with Gasteiger partial charge in [0.05, 0.1) is 30.4 Å². The van der Waals surface area contributed by atoms with Crippen molar-refractivity contribution in [2.75, 3.05) is 0 Å². The van der Waals surface area contributed by atoms with E-state index in [2.05, 4.69) is 45.2 Å². The molecule has 0 atom stereocenters. The van der Waals surface area contributed by atoms with Gasteiger partial charge in [-0.05, 0) is 18.2 Å². The molecule has 3 aromatic rings. The number of aromatic nitrogens is 6. The van der Waals surface area contributed by atoms with Crippen LogP contribution < -0.4 is 4.74 Å². The first-order valence-corrected chi connectivity index (χ1v) is 7.07. The molecule has 0 amide bonds. The van der Waals surface area contributed by atoms with Crippen molar-refractivity contribution < 1.29 is 9.53 Å². The van der Waals surface area contributed by atoms with Gasteiger partial charge in [0.25, 0.3) is 6.47 Å². The van der Waals surface area contributed by atoms with Crippen molar-refractivity contribution in [2.45, 2.75) is 0 Å². The maximum absolute atomic E-state index is 10.8. The molecule has 122 valence electrons. The molecule has 2 aromatic heterocycles. The zero-order valence-corrected chi connectivity index (χ0v) is 13.0. The van der Waals surface area contributed by atoms with E-state index in [1.54, 1.807) is 36.8 Å². The van der Waals surface area contributed by atoms with Gasteiger partial charge in [-0.3, -0.25) is 4.79 Å². The first-order valence-electron chi connectivity index (χ1n) is 7.07. The molecule has 0 unspecified atom stereocenters. The first-order chi connectivity index (χ1) is 12.3. The minimum Gasteiger partial charge on any atom is -0.428 e. The quantitative estimate of drug-likeness (QED) is 0.505. The van der Waals surface area contributed by atoms with E-state index in [0.29, 0.717) is 29.2 Å². The molecule has 0 N–H and O–H groups in total. The summed E-state index contributed by atoms with van der Waals surface area (Å²) in [5, 5.41) is 15.4. The molecular formula is C17H12N6O2. The summed E-state index contributed by atoms with van der Waals surface area (Å²) in [6, 6.07) is 5.16. The summed E-state index contributed by atoms with van der Waals surface area (Å²) in [7, 11) is 0. The molecule has 0 radical (unpaired) electrons. The lowest BCUT2D eigenvalue weighted by atomic mass is 10.0. The van der Waals surface area contributed by atoms with Gasteiger partial charge in [0.15, 0.2) is 0 Å². The molecule has 0 bridgehead atoms. The van der Waals surface area contributed by atoms with Crippen molar-refractivity contribution in [1.82, 2.24) is 30.0 Å². The van der Waals surface area contributed by atoms with Crippen molar-refractivity contribution in [3.63, 3.8) is 0 Å². The standard InChI is InChI=1S/C17H12N6O2/c1-3-15(22-9-7-18-20-22)13-5-6-17(25-12-24)14(11-13)16(4-2)23-10-8-19-21-23/h5-12H,1-2H2. The summed E-state index contributed by atoms with van der Waals surface area (Å²) < 4.78 is 8.06. The number of hydrogen-bond acceptors (Lipinski definition) is 6. The van der Waals surface area contributed by atoms with Crippen molar-refractivity contribution in [1.29, 1.82) is 0 Å². The van der Waals surface area contributed by atoms with E-state index in [0.717, 1.165) is 5.56 Å². The SMILES string of the molecule is C=C=C(c1ccc(OC=O)c(C(=C=C)n2ccnn2)c1)n1ccnn1. The van der Waals surface area contributed by atoms with Crippen LogP contribution in [0.1, 0.15) is 11.1 Å². The Balaban J connectivity index is 2.17. The van der Waals surface area contributed by atoms with Gasteiger partial charge in [-0.1, -0.05) is 23.6 Å². The smallest absolute Gasteiger partial charge is 0.298 e. The number of nitrogens with zero attached hydrogens (tertiary/aromatic N) is 6. The normalized spacial score (nSPS) is 9.76. The first kappa shape index (κ1) is 15.9. The summed E-state index contributed by atoms with van der Waals surface area (Å²) in [5.74, 6) is 0.322.